The van der Waals surface area contributed by atoms with Crippen LogP contribution in [0.15, 0.2) is 12.1 Å². The van der Waals surface area contributed by atoms with E-state index in [-0.39, 0.29) is 5.91 Å². The molecule has 2 heterocycles. The first-order valence-electron chi connectivity index (χ1n) is 4.88. The zero-order chi connectivity index (χ0) is 11.7. The van der Waals surface area contributed by atoms with Crippen LogP contribution in [0.4, 0.5) is 5.13 Å². The molecule has 0 bridgehead atoms. The fourth-order valence-corrected chi connectivity index (χ4v) is 2.81. The molecule has 0 saturated heterocycles. The van der Waals surface area contributed by atoms with Gasteiger partial charge in [-0.05, 0) is 32.9 Å². The summed E-state index contributed by atoms with van der Waals surface area (Å²) in [6, 6.07) is 3.78. The van der Waals surface area contributed by atoms with E-state index in [1.807, 2.05) is 32.9 Å². The van der Waals surface area contributed by atoms with Crippen molar-refractivity contribution in [3.63, 3.8) is 0 Å². The fraction of sp³-hybridized carbons (Fsp3) is 0.273. The summed E-state index contributed by atoms with van der Waals surface area (Å²) in [5.74, 6) is -0.0770. The Bertz CT molecular complexity index is 508. The summed E-state index contributed by atoms with van der Waals surface area (Å²) in [6.07, 6.45) is 0. The van der Waals surface area contributed by atoms with Gasteiger partial charge in [0.25, 0.3) is 5.91 Å². The van der Waals surface area contributed by atoms with E-state index in [4.69, 9.17) is 0 Å². The van der Waals surface area contributed by atoms with Crippen LogP contribution in [-0.4, -0.2) is 10.9 Å². The van der Waals surface area contributed by atoms with Crippen molar-refractivity contribution in [2.75, 3.05) is 5.32 Å². The number of anilines is 1. The Morgan fingerprint density at radius 2 is 2.00 bits per heavy atom. The number of amides is 1. The van der Waals surface area contributed by atoms with Gasteiger partial charge in [0.15, 0.2) is 5.13 Å². The largest absolute Gasteiger partial charge is 0.297 e. The SMILES string of the molecule is Cc1ccc(C(=O)Nc2nc(C)c(C)s2)s1. The molecule has 0 radical (unpaired) electrons. The lowest BCUT2D eigenvalue weighted by Crippen LogP contribution is -2.09. The van der Waals surface area contributed by atoms with Crippen LogP contribution < -0.4 is 5.32 Å². The molecule has 0 fully saturated rings. The average Bonchev–Trinajstić information content (AvgIpc) is 2.75. The van der Waals surface area contributed by atoms with Crippen LogP contribution in [0.5, 0.6) is 0 Å². The molecule has 3 nitrogen and oxygen atoms in total. The number of thiazole rings is 1. The summed E-state index contributed by atoms with van der Waals surface area (Å²) in [5, 5.41) is 3.48. The molecule has 0 aliphatic rings. The maximum atomic E-state index is 11.8. The molecule has 0 atom stereocenters. The highest BCUT2D eigenvalue weighted by Crippen LogP contribution is 2.23. The molecular formula is C11H12N2OS2. The summed E-state index contributed by atoms with van der Waals surface area (Å²) in [7, 11) is 0. The molecule has 84 valence electrons. The van der Waals surface area contributed by atoms with E-state index < -0.39 is 0 Å². The Hall–Kier alpha value is -1.20. The second-order valence-corrected chi connectivity index (χ2v) is 6.02. The highest BCUT2D eigenvalue weighted by molar-refractivity contribution is 7.16. The van der Waals surface area contributed by atoms with Crippen LogP contribution >= 0.6 is 22.7 Å². The lowest BCUT2D eigenvalue weighted by molar-refractivity contribution is 0.103. The van der Waals surface area contributed by atoms with E-state index in [1.54, 1.807) is 0 Å². The summed E-state index contributed by atoms with van der Waals surface area (Å²) < 4.78 is 0. The first-order chi connectivity index (χ1) is 7.56. The summed E-state index contributed by atoms with van der Waals surface area (Å²) in [4.78, 5) is 19.1. The first-order valence-corrected chi connectivity index (χ1v) is 6.51. The van der Waals surface area contributed by atoms with Crippen molar-refractivity contribution in [2.45, 2.75) is 20.8 Å². The van der Waals surface area contributed by atoms with E-state index in [0.29, 0.717) is 5.13 Å². The number of aromatic nitrogens is 1. The molecule has 2 rings (SSSR count). The van der Waals surface area contributed by atoms with Crippen LogP contribution in [0.1, 0.15) is 25.1 Å². The molecule has 1 N–H and O–H groups in total. The van der Waals surface area contributed by atoms with Gasteiger partial charge in [-0.3, -0.25) is 10.1 Å². The number of nitrogens with zero attached hydrogens (tertiary/aromatic N) is 1. The predicted molar refractivity (Wildman–Crippen MR) is 68.6 cm³/mol. The van der Waals surface area contributed by atoms with Crippen molar-refractivity contribution in [1.29, 1.82) is 0 Å². The molecule has 16 heavy (non-hydrogen) atoms. The number of thiophene rings is 1. The Morgan fingerprint density at radius 3 is 2.50 bits per heavy atom. The molecule has 5 heteroatoms. The second kappa shape index (κ2) is 4.35. The summed E-state index contributed by atoms with van der Waals surface area (Å²) >= 11 is 3.00. The number of aryl methyl sites for hydroxylation is 3. The van der Waals surface area contributed by atoms with Gasteiger partial charge in [-0.2, -0.15) is 0 Å². The van der Waals surface area contributed by atoms with Crippen LogP contribution in [0.25, 0.3) is 0 Å². The number of rotatable bonds is 2. The normalized spacial score (nSPS) is 10.4. The zero-order valence-electron chi connectivity index (χ0n) is 9.33. The number of hydrogen-bond donors (Lipinski definition) is 1. The molecular weight excluding hydrogens is 240 g/mol. The lowest BCUT2D eigenvalue weighted by Gasteiger charge is -1.97. The number of carbonyl (C=O) groups is 1. The van der Waals surface area contributed by atoms with Gasteiger partial charge in [-0.25, -0.2) is 4.98 Å². The monoisotopic (exact) mass is 252 g/mol. The Kier molecular flexibility index (Phi) is 3.07. The third kappa shape index (κ3) is 2.31. The highest BCUT2D eigenvalue weighted by Gasteiger charge is 2.11. The van der Waals surface area contributed by atoms with Gasteiger partial charge in [0.1, 0.15) is 0 Å². The van der Waals surface area contributed by atoms with Gasteiger partial charge < -0.3 is 0 Å². The van der Waals surface area contributed by atoms with Crippen molar-refractivity contribution in [1.82, 2.24) is 4.98 Å². The van der Waals surface area contributed by atoms with Crippen molar-refractivity contribution < 1.29 is 4.79 Å². The fourth-order valence-electron chi connectivity index (χ4n) is 1.24. The van der Waals surface area contributed by atoms with E-state index in [1.165, 1.54) is 22.7 Å². The standard InChI is InChI=1S/C11H12N2OS2/c1-6-4-5-9(15-6)10(14)13-11-12-7(2)8(3)16-11/h4-5H,1-3H3,(H,12,13,14). The van der Waals surface area contributed by atoms with Gasteiger partial charge in [-0.15, -0.1) is 22.7 Å². The van der Waals surface area contributed by atoms with Crippen molar-refractivity contribution >= 4 is 33.7 Å². The van der Waals surface area contributed by atoms with Gasteiger partial charge in [0.05, 0.1) is 10.6 Å². The van der Waals surface area contributed by atoms with Gasteiger partial charge in [0, 0.05) is 9.75 Å². The lowest BCUT2D eigenvalue weighted by atomic mass is 10.4. The van der Waals surface area contributed by atoms with Crippen LogP contribution in [-0.2, 0) is 0 Å². The minimum absolute atomic E-state index is 0.0770. The van der Waals surface area contributed by atoms with Crippen molar-refractivity contribution in [3.8, 4) is 0 Å². The van der Waals surface area contributed by atoms with Gasteiger partial charge in [0.2, 0.25) is 0 Å². The summed E-state index contributed by atoms with van der Waals surface area (Å²) in [5.41, 5.74) is 0.975. The van der Waals surface area contributed by atoms with Gasteiger partial charge in [-0.1, -0.05) is 0 Å². The first kappa shape index (κ1) is 11.3. The van der Waals surface area contributed by atoms with Gasteiger partial charge >= 0.3 is 0 Å². The Morgan fingerprint density at radius 1 is 1.25 bits per heavy atom. The van der Waals surface area contributed by atoms with Crippen LogP contribution in [0, 0.1) is 20.8 Å². The van der Waals surface area contributed by atoms with Crippen molar-refractivity contribution in [3.05, 3.63) is 32.5 Å². The smallest absolute Gasteiger partial charge is 0.267 e. The molecule has 1 amide bonds. The molecule has 0 saturated carbocycles. The number of carbonyl (C=O) groups excluding carboxylic acids is 1. The predicted octanol–water partition coefficient (Wildman–Crippen LogP) is 3.38. The topological polar surface area (TPSA) is 42.0 Å². The summed E-state index contributed by atoms with van der Waals surface area (Å²) in [6.45, 7) is 5.92. The Labute approximate surface area is 102 Å². The highest BCUT2D eigenvalue weighted by atomic mass is 32.1. The molecule has 0 aliphatic carbocycles. The van der Waals surface area contributed by atoms with E-state index in [2.05, 4.69) is 10.3 Å². The van der Waals surface area contributed by atoms with E-state index in [9.17, 15) is 4.79 Å². The van der Waals surface area contributed by atoms with E-state index >= 15 is 0 Å². The number of nitrogens with one attached hydrogen (secondary N) is 1. The van der Waals surface area contributed by atoms with E-state index in [0.717, 1.165) is 20.3 Å². The molecule has 0 aliphatic heterocycles. The molecule has 2 aromatic rings. The van der Waals surface area contributed by atoms with Crippen LogP contribution in [0.3, 0.4) is 0 Å². The second-order valence-electron chi connectivity index (χ2n) is 3.53. The average molecular weight is 252 g/mol. The maximum Gasteiger partial charge on any atom is 0.267 e. The Balaban J connectivity index is 2.13. The maximum absolute atomic E-state index is 11.8. The third-order valence-electron chi connectivity index (χ3n) is 2.21. The molecule has 2 aromatic heterocycles. The minimum Gasteiger partial charge on any atom is -0.297 e. The molecule has 0 unspecified atom stereocenters. The number of hydrogen-bond acceptors (Lipinski definition) is 4. The third-order valence-corrected chi connectivity index (χ3v) is 4.20. The molecule has 0 aromatic carbocycles. The van der Waals surface area contributed by atoms with Crippen molar-refractivity contribution in [2.24, 2.45) is 0 Å². The van der Waals surface area contributed by atoms with Crippen LogP contribution in [0.2, 0.25) is 0 Å². The molecule has 0 spiro atoms. The minimum atomic E-state index is -0.0770. The zero-order valence-corrected chi connectivity index (χ0v) is 11.0. The quantitative estimate of drug-likeness (QED) is 0.890.